The van der Waals surface area contributed by atoms with E-state index in [-0.39, 0.29) is 6.04 Å². The van der Waals surface area contributed by atoms with Gasteiger partial charge in [0.05, 0.1) is 18.0 Å². The first-order valence-electron chi connectivity index (χ1n) is 5.98. The fraction of sp³-hybridized carbons (Fsp3) is 0.357. The Hall–Kier alpha value is -1.61. The van der Waals surface area contributed by atoms with Crippen molar-refractivity contribution in [1.82, 2.24) is 10.3 Å². The summed E-state index contributed by atoms with van der Waals surface area (Å²) in [6.45, 7) is 5.00. The second-order valence-corrected chi connectivity index (χ2v) is 4.12. The molecule has 0 aliphatic rings. The number of nitrogens with one attached hydrogen (secondary N) is 1. The molecule has 90 valence electrons. The lowest BCUT2D eigenvalue weighted by Gasteiger charge is -2.14. The third-order valence-electron chi connectivity index (χ3n) is 2.93. The van der Waals surface area contributed by atoms with Crippen molar-refractivity contribution in [2.45, 2.75) is 32.9 Å². The zero-order chi connectivity index (χ0) is 12.1. The Labute approximate surface area is 102 Å². The molecule has 1 N–H and O–H groups in total. The molecule has 3 nitrogen and oxygen atoms in total. The first kappa shape index (κ1) is 11.9. The predicted molar refractivity (Wildman–Crippen MR) is 67.6 cm³/mol. The molecule has 0 radical (unpaired) electrons. The number of nitrogens with zero attached hydrogens (tertiary/aromatic N) is 1. The van der Waals surface area contributed by atoms with E-state index in [9.17, 15) is 0 Å². The van der Waals surface area contributed by atoms with Gasteiger partial charge in [-0.25, -0.2) is 0 Å². The van der Waals surface area contributed by atoms with Crippen molar-refractivity contribution in [2.75, 3.05) is 0 Å². The molecule has 2 rings (SSSR count). The molecule has 17 heavy (non-hydrogen) atoms. The van der Waals surface area contributed by atoms with Crippen LogP contribution in [0.1, 0.15) is 36.4 Å². The quantitative estimate of drug-likeness (QED) is 0.857. The van der Waals surface area contributed by atoms with E-state index in [1.54, 1.807) is 6.26 Å². The Morgan fingerprint density at radius 2 is 2.24 bits per heavy atom. The van der Waals surface area contributed by atoms with Crippen LogP contribution in [-0.4, -0.2) is 4.98 Å². The van der Waals surface area contributed by atoms with E-state index in [1.807, 2.05) is 24.4 Å². The van der Waals surface area contributed by atoms with Gasteiger partial charge in [-0.2, -0.15) is 0 Å². The number of pyridine rings is 1. The standard InChI is InChI=1S/C14H18N2O/c1-3-12(14-7-5-9-17-14)16-10-13-11(2)6-4-8-15-13/h4-9,12,16H,3,10H2,1-2H3. The van der Waals surface area contributed by atoms with Crippen LogP contribution in [0.4, 0.5) is 0 Å². The van der Waals surface area contributed by atoms with E-state index in [1.165, 1.54) is 5.56 Å². The lowest BCUT2D eigenvalue weighted by molar-refractivity contribution is 0.401. The molecule has 2 aromatic heterocycles. The molecular weight excluding hydrogens is 212 g/mol. The van der Waals surface area contributed by atoms with Gasteiger partial charge in [0.15, 0.2) is 0 Å². The number of hydrogen-bond acceptors (Lipinski definition) is 3. The molecule has 0 bridgehead atoms. The van der Waals surface area contributed by atoms with E-state index < -0.39 is 0 Å². The molecule has 1 atom stereocenters. The second kappa shape index (κ2) is 5.64. The molecule has 0 aromatic carbocycles. The second-order valence-electron chi connectivity index (χ2n) is 4.12. The average molecular weight is 230 g/mol. The van der Waals surface area contributed by atoms with Crippen LogP contribution in [0.5, 0.6) is 0 Å². The summed E-state index contributed by atoms with van der Waals surface area (Å²) in [5, 5.41) is 3.47. The van der Waals surface area contributed by atoms with Crippen LogP contribution < -0.4 is 5.32 Å². The lowest BCUT2D eigenvalue weighted by atomic mass is 10.1. The van der Waals surface area contributed by atoms with Crippen LogP contribution >= 0.6 is 0 Å². The van der Waals surface area contributed by atoms with Crippen LogP contribution in [0.15, 0.2) is 41.1 Å². The summed E-state index contributed by atoms with van der Waals surface area (Å²) in [6, 6.07) is 8.23. The van der Waals surface area contributed by atoms with Crippen LogP contribution in [-0.2, 0) is 6.54 Å². The molecule has 0 amide bonds. The molecule has 0 spiro atoms. The molecule has 0 saturated carbocycles. The van der Waals surface area contributed by atoms with Crippen LogP contribution in [0.3, 0.4) is 0 Å². The first-order valence-corrected chi connectivity index (χ1v) is 5.98. The average Bonchev–Trinajstić information content (AvgIpc) is 2.86. The number of hydrogen-bond donors (Lipinski definition) is 1. The van der Waals surface area contributed by atoms with Gasteiger partial charge in [0.25, 0.3) is 0 Å². The fourth-order valence-electron chi connectivity index (χ4n) is 1.86. The van der Waals surface area contributed by atoms with Crippen molar-refractivity contribution in [3.05, 3.63) is 53.7 Å². The molecule has 2 heterocycles. The Morgan fingerprint density at radius 3 is 2.88 bits per heavy atom. The van der Waals surface area contributed by atoms with E-state index in [0.717, 1.165) is 24.4 Å². The highest BCUT2D eigenvalue weighted by Crippen LogP contribution is 2.17. The summed E-state index contributed by atoms with van der Waals surface area (Å²) >= 11 is 0. The maximum atomic E-state index is 5.42. The number of aromatic nitrogens is 1. The van der Waals surface area contributed by atoms with Crippen LogP contribution in [0.2, 0.25) is 0 Å². The molecule has 3 heteroatoms. The highest BCUT2D eigenvalue weighted by atomic mass is 16.3. The normalized spacial score (nSPS) is 12.6. The molecule has 0 saturated heterocycles. The van der Waals surface area contributed by atoms with Gasteiger partial charge in [-0.3, -0.25) is 4.98 Å². The van der Waals surface area contributed by atoms with Gasteiger partial charge in [-0.05, 0) is 37.1 Å². The third-order valence-corrected chi connectivity index (χ3v) is 2.93. The zero-order valence-electron chi connectivity index (χ0n) is 10.3. The summed E-state index contributed by atoms with van der Waals surface area (Å²) in [5.41, 5.74) is 2.31. The monoisotopic (exact) mass is 230 g/mol. The Bertz CT molecular complexity index is 451. The summed E-state index contributed by atoms with van der Waals surface area (Å²) in [4.78, 5) is 4.37. The number of aryl methyl sites for hydroxylation is 1. The molecule has 2 aromatic rings. The molecular formula is C14H18N2O. The van der Waals surface area contributed by atoms with E-state index in [2.05, 4.69) is 30.2 Å². The summed E-state index contributed by atoms with van der Waals surface area (Å²) < 4.78 is 5.42. The highest BCUT2D eigenvalue weighted by Gasteiger charge is 2.11. The minimum Gasteiger partial charge on any atom is -0.468 e. The zero-order valence-corrected chi connectivity index (χ0v) is 10.3. The third kappa shape index (κ3) is 2.94. The Morgan fingerprint density at radius 1 is 1.35 bits per heavy atom. The van der Waals surface area contributed by atoms with Gasteiger partial charge in [-0.15, -0.1) is 0 Å². The minimum absolute atomic E-state index is 0.256. The van der Waals surface area contributed by atoms with Gasteiger partial charge in [0.1, 0.15) is 5.76 Å². The highest BCUT2D eigenvalue weighted by molar-refractivity contribution is 5.17. The van der Waals surface area contributed by atoms with Crippen LogP contribution in [0.25, 0.3) is 0 Å². The summed E-state index contributed by atoms with van der Waals surface area (Å²) in [6.07, 6.45) is 4.54. The SMILES string of the molecule is CCC(NCc1ncccc1C)c1ccco1. The number of rotatable bonds is 5. The Kier molecular flexibility index (Phi) is 3.94. The molecule has 0 aliphatic carbocycles. The largest absolute Gasteiger partial charge is 0.468 e. The topological polar surface area (TPSA) is 38.1 Å². The Balaban J connectivity index is 2.00. The fourth-order valence-corrected chi connectivity index (χ4v) is 1.86. The van der Waals surface area contributed by atoms with E-state index in [4.69, 9.17) is 4.42 Å². The van der Waals surface area contributed by atoms with E-state index in [0.29, 0.717) is 0 Å². The molecule has 0 aliphatic heterocycles. The first-order chi connectivity index (χ1) is 8.31. The predicted octanol–water partition coefficient (Wildman–Crippen LogP) is 3.22. The lowest BCUT2D eigenvalue weighted by Crippen LogP contribution is -2.20. The summed E-state index contributed by atoms with van der Waals surface area (Å²) in [5.74, 6) is 0.987. The van der Waals surface area contributed by atoms with Crippen molar-refractivity contribution < 1.29 is 4.42 Å². The van der Waals surface area contributed by atoms with Crippen molar-refractivity contribution >= 4 is 0 Å². The molecule has 0 fully saturated rings. The maximum Gasteiger partial charge on any atom is 0.120 e. The van der Waals surface area contributed by atoms with Crippen molar-refractivity contribution in [3.63, 3.8) is 0 Å². The van der Waals surface area contributed by atoms with Crippen molar-refractivity contribution in [3.8, 4) is 0 Å². The van der Waals surface area contributed by atoms with Crippen molar-refractivity contribution in [1.29, 1.82) is 0 Å². The smallest absolute Gasteiger partial charge is 0.120 e. The minimum atomic E-state index is 0.256. The van der Waals surface area contributed by atoms with Gasteiger partial charge < -0.3 is 9.73 Å². The summed E-state index contributed by atoms with van der Waals surface area (Å²) in [7, 11) is 0. The van der Waals surface area contributed by atoms with Crippen LogP contribution in [0, 0.1) is 6.92 Å². The van der Waals surface area contributed by atoms with E-state index >= 15 is 0 Å². The van der Waals surface area contributed by atoms with Gasteiger partial charge in [-0.1, -0.05) is 13.0 Å². The maximum absolute atomic E-state index is 5.42. The molecule has 1 unspecified atom stereocenters. The number of furan rings is 1. The van der Waals surface area contributed by atoms with Gasteiger partial charge >= 0.3 is 0 Å². The van der Waals surface area contributed by atoms with Crippen molar-refractivity contribution in [2.24, 2.45) is 0 Å². The van der Waals surface area contributed by atoms with Gasteiger partial charge in [0, 0.05) is 12.7 Å². The van der Waals surface area contributed by atoms with Gasteiger partial charge in [0.2, 0.25) is 0 Å².